The van der Waals surface area contributed by atoms with Gasteiger partial charge in [0.25, 0.3) is 5.56 Å². The van der Waals surface area contributed by atoms with Crippen LogP contribution < -0.4 is 10.5 Å². The molecular weight excluding hydrogens is 496 g/mol. The lowest BCUT2D eigenvalue weighted by Crippen LogP contribution is -2.70. The number of aliphatic imine (C=N–C) groups is 1. The number of aromatic hydroxyl groups is 1. The van der Waals surface area contributed by atoms with Crippen LogP contribution in [0.4, 0.5) is 16.2 Å². The van der Waals surface area contributed by atoms with E-state index >= 15 is 0 Å². The molecular formula is C25H28N6O5S. The summed E-state index contributed by atoms with van der Waals surface area (Å²) in [7, 11) is 5.92. The van der Waals surface area contributed by atoms with Crippen LogP contribution in [0.5, 0.6) is 5.88 Å². The molecule has 1 spiro atoms. The number of benzene rings is 1. The van der Waals surface area contributed by atoms with E-state index in [4.69, 9.17) is 12.2 Å². The summed E-state index contributed by atoms with van der Waals surface area (Å²) >= 11 is 5.19. The maximum atomic E-state index is 13.6. The number of carbonyl (C=O) groups excluding carboxylic acids is 3. The van der Waals surface area contributed by atoms with Gasteiger partial charge in [-0.2, -0.15) is 0 Å². The molecule has 2 fully saturated rings. The molecule has 1 aromatic heterocycles. The standard InChI is InChI=1S/C25H28N6O5S/c1-13(18-19(32)27(2)24(37)28(3)20(18)33)26-15-8-9-16-14(11-15)12-25(17-7-6-10-31(16)17)21(34)29(4)23(36)30(5)22(25)35/h8-9,11,17,32H,6-7,10,12H2,1-5H3/t17-/m0/s1. The van der Waals surface area contributed by atoms with Crippen LogP contribution in [0.2, 0.25) is 0 Å². The Balaban J connectivity index is 1.62. The Bertz CT molecular complexity index is 1520. The zero-order chi connectivity index (χ0) is 27.0. The van der Waals surface area contributed by atoms with Gasteiger partial charge in [-0.15, -0.1) is 0 Å². The third-order valence-corrected chi connectivity index (χ3v) is 8.45. The lowest BCUT2D eigenvalue weighted by atomic mass is 9.68. The summed E-state index contributed by atoms with van der Waals surface area (Å²) in [4.78, 5) is 61.2. The molecule has 11 nitrogen and oxygen atoms in total. The topological polar surface area (TPSA) is 120 Å². The number of hydrogen-bond acceptors (Lipinski definition) is 8. The van der Waals surface area contributed by atoms with Crippen LogP contribution in [0.3, 0.4) is 0 Å². The van der Waals surface area contributed by atoms with E-state index in [-0.39, 0.29) is 28.7 Å². The van der Waals surface area contributed by atoms with E-state index in [0.29, 0.717) is 24.4 Å². The SMILES string of the molecule is CC(=Nc1ccc2c(c1)CC1(C(=O)N(C)C(=O)N(C)C1=O)[C@@H]1CCCN21)c1c(O)n(C)c(=S)n(C)c1=O. The Morgan fingerprint density at radius 2 is 1.70 bits per heavy atom. The van der Waals surface area contributed by atoms with Crippen molar-refractivity contribution in [3.8, 4) is 5.88 Å². The van der Waals surface area contributed by atoms with E-state index in [1.807, 2.05) is 12.1 Å². The Hall–Kier alpha value is -3.80. The zero-order valence-corrected chi connectivity index (χ0v) is 22.1. The van der Waals surface area contributed by atoms with Crippen molar-refractivity contribution in [2.75, 3.05) is 25.5 Å². The summed E-state index contributed by atoms with van der Waals surface area (Å²) in [5.74, 6) is -1.25. The molecule has 12 heteroatoms. The minimum Gasteiger partial charge on any atom is -0.494 e. The predicted molar refractivity (Wildman–Crippen MR) is 139 cm³/mol. The molecule has 0 bridgehead atoms. The third-order valence-electron chi connectivity index (χ3n) is 7.90. The van der Waals surface area contributed by atoms with Gasteiger partial charge in [-0.05, 0) is 62.2 Å². The molecule has 1 N–H and O–H groups in total. The summed E-state index contributed by atoms with van der Waals surface area (Å²) in [6, 6.07) is 4.54. The van der Waals surface area contributed by atoms with Gasteiger partial charge in [0.05, 0.1) is 17.4 Å². The normalized spacial score (nSPS) is 21.1. The molecule has 3 aliphatic rings. The molecule has 4 amide bonds. The molecule has 4 heterocycles. The van der Waals surface area contributed by atoms with Gasteiger partial charge >= 0.3 is 6.03 Å². The first-order valence-corrected chi connectivity index (χ1v) is 12.4. The largest absolute Gasteiger partial charge is 0.494 e. The molecule has 0 saturated carbocycles. The van der Waals surface area contributed by atoms with Gasteiger partial charge in [0.1, 0.15) is 5.56 Å². The van der Waals surface area contributed by atoms with Crippen LogP contribution in [0.15, 0.2) is 28.0 Å². The van der Waals surface area contributed by atoms with Gasteiger partial charge in [-0.1, -0.05) is 0 Å². The monoisotopic (exact) mass is 524 g/mol. The van der Waals surface area contributed by atoms with Crippen molar-refractivity contribution in [2.24, 2.45) is 24.5 Å². The van der Waals surface area contributed by atoms with Gasteiger partial charge in [0.2, 0.25) is 17.7 Å². The second-order valence-corrected chi connectivity index (χ2v) is 10.3. The highest BCUT2D eigenvalue weighted by atomic mass is 32.1. The highest BCUT2D eigenvalue weighted by molar-refractivity contribution is 7.71. The number of barbiturate groups is 1. The van der Waals surface area contributed by atoms with Crippen LogP contribution >= 0.6 is 12.2 Å². The molecule has 0 unspecified atom stereocenters. The fourth-order valence-corrected chi connectivity index (χ4v) is 6.14. The minimum atomic E-state index is -1.40. The molecule has 2 aromatic rings. The predicted octanol–water partition coefficient (Wildman–Crippen LogP) is 1.86. The van der Waals surface area contributed by atoms with Crippen molar-refractivity contribution in [3.63, 3.8) is 0 Å². The second kappa shape index (κ2) is 8.37. The average Bonchev–Trinajstić information content (AvgIpc) is 3.38. The average molecular weight is 525 g/mol. The van der Waals surface area contributed by atoms with E-state index in [0.717, 1.165) is 27.5 Å². The number of anilines is 1. The number of aromatic nitrogens is 2. The van der Waals surface area contributed by atoms with E-state index in [1.54, 1.807) is 20.0 Å². The third kappa shape index (κ3) is 3.31. The summed E-state index contributed by atoms with van der Waals surface area (Å²) < 4.78 is 2.78. The van der Waals surface area contributed by atoms with Crippen LogP contribution in [0.25, 0.3) is 0 Å². The number of carbonyl (C=O) groups is 3. The van der Waals surface area contributed by atoms with Gasteiger partial charge in [0, 0.05) is 40.4 Å². The first-order chi connectivity index (χ1) is 17.4. The molecule has 37 heavy (non-hydrogen) atoms. The van der Waals surface area contributed by atoms with E-state index in [9.17, 15) is 24.3 Å². The number of imide groups is 2. The van der Waals surface area contributed by atoms with Crippen LogP contribution in [0, 0.1) is 10.2 Å². The summed E-state index contributed by atoms with van der Waals surface area (Å²) in [5, 5.41) is 10.6. The fourth-order valence-electron chi connectivity index (χ4n) is 5.97. The quantitative estimate of drug-likeness (QED) is 0.362. The van der Waals surface area contributed by atoms with Crippen LogP contribution in [-0.2, 0) is 30.1 Å². The van der Waals surface area contributed by atoms with Crippen LogP contribution in [-0.4, -0.2) is 74.3 Å². The molecule has 0 aliphatic carbocycles. The lowest BCUT2D eigenvalue weighted by Gasteiger charge is -2.50. The number of hydrogen-bond donors (Lipinski definition) is 1. The summed E-state index contributed by atoms with van der Waals surface area (Å²) in [6.45, 7) is 2.32. The van der Waals surface area contributed by atoms with Crippen molar-refractivity contribution in [3.05, 3.63) is 44.5 Å². The maximum Gasteiger partial charge on any atom is 0.332 e. The second-order valence-electron chi connectivity index (χ2n) is 9.93. The van der Waals surface area contributed by atoms with Gasteiger partial charge in [-0.25, -0.2) is 4.79 Å². The fraction of sp³-hybridized carbons (Fsp3) is 0.440. The number of urea groups is 1. The van der Waals surface area contributed by atoms with Gasteiger partial charge < -0.3 is 10.0 Å². The minimum absolute atomic E-state index is 0.0341. The summed E-state index contributed by atoms with van der Waals surface area (Å²) in [5.41, 5.74) is 0.646. The van der Waals surface area contributed by atoms with Crippen molar-refractivity contribution in [2.45, 2.75) is 32.2 Å². The van der Waals surface area contributed by atoms with E-state index in [2.05, 4.69) is 9.89 Å². The number of amides is 4. The Kier molecular flexibility index (Phi) is 5.63. The maximum absolute atomic E-state index is 13.6. The summed E-state index contributed by atoms with van der Waals surface area (Å²) in [6.07, 6.45) is 1.63. The van der Waals surface area contributed by atoms with Crippen molar-refractivity contribution >= 4 is 47.1 Å². The molecule has 1 aromatic carbocycles. The molecule has 0 radical (unpaired) electrons. The molecule has 3 aliphatic heterocycles. The van der Waals surface area contributed by atoms with Gasteiger partial charge in [-0.3, -0.25) is 38.3 Å². The Labute approximate surface area is 218 Å². The number of rotatable bonds is 2. The Morgan fingerprint density at radius 1 is 1.05 bits per heavy atom. The first-order valence-electron chi connectivity index (χ1n) is 12.0. The highest BCUT2D eigenvalue weighted by Crippen LogP contribution is 2.49. The zero-order valence-electron chi connectivity index (χ0n) is 21.3. The lowest BCUT2D eigenvalue weighted by molar-refractivity contribution is -0.159. The number of nitrogens with zero attached hydrogens (tertiary/aromatic N) is 6. The molecule has 2 saturated heterocycles. The van der Waals surface area contributed by atoms with Crippen molar-refractivity contribution < 1.29 is 19.5 Å². The first kappa shape index (κ1) is 24.9. The Morgan fingerprint density at radius 3 is 2.35 bits per heavy atom. The molecule has 5 rings (SSSR count). The van der Waals surface area contributed by atoms with Crippen molar-refractivity contribution in [1.29, 1.82) is 0 Å². The van der Waals surface area contributed by atoms with Gasteiger partial charge in [0.15, 0.2) is 10.2 Å². The van der Waals surface area contributed by atoms with Crippen molar-refractivity contribution in [1.82, 2.24) is 18.9 Å². The molecule has 1 atom stereocenters. The van der Waals surface area contributed by atoms with E-state index in [1.165, 1.54) is 30.3 Å². The number of fused-ring (bicyclic) bond motifs is 4. The van der Waals surface area contributed by atoms with E-state index < -0.39 is 28.8 Å². The smallest absolute Gasteiger partial charge is 0.332 e. The van der Waals surface area contributed by atoms with Crippen LogP contribution in [0.1, 0.15) is 30.9 Å². The molecule has 194 valence electrons. The highest BCUT2D eigenvalue weighted by Gasteiger charge is 2.63.